The fourth-order valence-corrected chi connectivity index (χ4v) is 1.41. The van der Waals surface area contributed by atoms with Gasteiger partial charge in [0.15, 0.2) is 5.78 Å². The van der Waals surface area contributed by atoms with Crippen molar-refractivity contribution in [2.24, 2.45) is 0 Å². The molecule has 0 saturated heterocycles. The summed E-state index contributed by atoms with van der Waals surface area (Å²) in [5, 5.41) is 12.2. The van der Waals surface area contributed by atoms with Crippen molar-refractivity contribution in [3.63, 3.8) is 0 Å². The molecule has 2 atom stereocenters. The third-order valence-corrected chi connectivity index (χ3v) is 2.14. The molecule has 2 N–H and O–H groups in total. The Hall–Kier alpha value is -0.345. The van der Waals surface area contributed by atoms with Crippen LogP contribution in [-0.4, -0.2) is 37.3 Å². The summed E-state index contributed by atoms with van der Waals surface area (Å²) in [6.07, 6.45) is 1.95. The number of nitrogens with one attached hydrogen (secondary N) is 1. The molecule has 0 bridgehead atoms. The average Bonchev–Trinajstić information content (AvgIpc) is 1.95. The molecule has 0 amide bonds. The van der Waals surface area contributed by atoms with E-state index in [2.05, 4.69) is 5.32 Å². The van der Waals surface area contributed by atoms with Crippen LogP contribution in [0.3, 0.4) is 0 Å². The number of likely N-dealkylation sites (N-methyl/N-ethyl adjacent to an activating group) is 1. The molecule has 0 spiro atoms. The van der Waals surface area contributed by atoms with Gasteiger partial charge >= 0.3 is 0 Å². The Kier molecular flexibility index (Phi) is 2.35. The molecule has 1 rings (SSSR count). The molecule has 1 fully saturated rings. The number of hydrogen-bond acceptors (Lipinski definition) is 3. The summed E-state index contributed by atoms with van der Waals surface area (Å²) in [6, 6.07) is -0.265. The fraction of sp³-hybridized carbons (Fsp3) is 0.857. The summed E-state index contributed by atoms with van der Waals surface area (Å²) < 4.78 is 0. The first-order valence-corrected chi connectivity index (χ1v) is 3.81. The van der Waals surface area contributed by atoms with Crippen LogP contribution in [0, 0.1) is 0 Å². The lowest BCUT2D eigenvalue weighted by atomic mass is 9.68. The van der Waals surface area contributed by atoms with Gasteiger partial charge in [-0.1, -0.05) is 0 Å². The minimum Gasteiger partial charge on any atom is -0.392 e. The monoisotopic (exact) mass is 153 g/mol. The van der Waals surface area contributed by atoms with Crippen molar-refractivity contribution in [1.29, 1.82) is 0 Å². The molecule has 4 heteroatoms. The molecule has 3 nitrogen and oxygen atoms in total. The molecule has 1 aliphatic rings. The quantitative estimate of drug-likeness (QED) is 0.484. The van der Waals surface area contributed by atoms with Gasteiger partial charge in [-0.2, -0.15) is 0 Å². The molecule has 0 aromatic carbocycles. The zero-order chi connectivity index (χ0) is 8.48. The van der Waals surface area contributed by atoms with Crippen LogP contribution in [0.1, 0.15) is 19.3 Å². The topological polar surface area (TPSA) is 49.3 Å². The molecule has 60 valence electrons. The van der Waals surface area contributed by atoms with Gasteiger partial charge in [-0.15, -0.1) is 0 Å². The number of rotatable bonds is 1. The third-order valence-electron chi connectivity index (χ3n) is 2.14. The van der Waals surface area contributed by atoms with Crippen LogP contribution in [0.25, 0.3) is 0 Å². The Morgan fingerprint density at radius 2 is 2.45 bits per heavy atom. The van der Waals surface area contributed by atoms with Gasteiger partial charge in [-0.25, -0.2) is 0 Å². The summed E-state index contributed by atoms with van der Waals surface area (Å²) in [7, 11) is 7.05. The second kappa shape index (κ2) is 2.95. The molecule has 1 aliphatic carbocycles. The van der Waals surface area contributed by atoms with Gasteiger partial charge in [0.1, 0.15) is 7.85 Å². The predicted octanol–water partition coefficient (Wildman–Crippen LogP) is -0.816. The normalized spacial score (nSPS) is 39.1. The summed E-state index contributed by atoms with van der Waals surface area (Å²) in [5.74, 6) is -0.286. The molecule has 11 heavy (non-hydrogen) atoms. The van der Waals surface area contributed by atoms with Crippen LogP contribution in [0.2, 0.25) is 0 Å². The zero-order valence-corrected chi connectivity index (χ0v) is 6.63. The van der Waals surface area contributed by atoms with E-state index >= 15 is 0 Å². The van der Waals surface area contributed by atoms with Crippen molar-refractivity contribution in [1.82, 2.24) is 5.32 Å². The largest absolute Gasteiger partial charge is 0.392 e. The lowest BCUT2D eigenvalue weighted by Crippen LogP contribution is -2.53. The summed E-state index contributed by atoms with van der Waals surface area (Å²) in [6.45, 7) is 0. The highest BCUT2D eigenvalue weighted by molar-refractivity contribution is 6.28. The third kappa shape index (κ3) is 1.63. The Bertz CT molecular complexity index is 170. The highest BCUT2D eigenvalue weighted by atomic mass is 16.3. The minimum absolute atomic E-state index is 0.265. The molecular formula is C7H12BNO2. The number of carbonyl (C=O) groups excluding carboxylic acids is 1. The van der Waals surface area contributed by atoms with Gasteiger partial charge in [-0.05, 0) is 26.3 Å². The highest BCUT2D eigenvalue weighted by Crippen LogP contribution is 2.21. The number of Topliss-reactive ketones (excluding diaryl/α,β-unsaturated/α-hetero) is 1. The Labute approximate surface area is 67.6 Å². The van der Waals surface area contributed by atoms with Gasteiger partial charge in [0, 0.05) is 0 Å². The number of aliphatic hydroxyl groups is 1. The minimum atomic E-state index is -1.59. The average molecular weight is 153 g/mol. The van der Waals surface area contributed by atoms with Crippen LogP contribution in [0.4, 0.5) is 0 Å². The first kappa shape index (κ1) is 8.75. The van der Waals surface area contributed by atoms with Gasteiger partial charge in [0.25, 0.3) is 0 Å². The van der Waals surface area contributed by atoms with Gasteiger partial charge in [0.05, 0.1) is 11.5 Å². The SMILES string of the molecule is [B]C1(O)CCCC(NC)C1=O. The second-order valence-corrected chi connectivity index (χ2v) is 3.02. The van der Waals surface area contributed by atoms with Gasteiger partial charge < -0.3 is 10.4 Å². The molecule has 0 heterocycles. The molecule has 2 radical (unpaired) electrons. The van der Waals surface area contributed by atoms with Crippen LogP contribution < -0.4 is 5.32 Å². The van der Waals surface area contributed by atoms with Gasteiger partial charge in [-0.3, -0.25) is 4.79 Å². The molecular weight excluding hydrogens is 141 g/mol. The Balaban J connectivity index is 2.68. The first-order valence-electron chi connectivity index (χ1n) is 3.81. The van der Waals surface area contributed by atoms with Crippen LogP contribution in [0.5, 0.6) is 0 Å². The van der Waals surface area contributed by atoms with Crippen molar-refractivity contribution >= 4 is 13.6 Å². The van der Waals surface area contributed by atoms with Crippen LogP contribution in [-0.2, 0) is 4.79 Å². The molecule has 1 saturated carbocycles. The van der Waals surface area contributed by atoms with Crippen molar-refractivity contribution < 1.29 is 9.90 Å². The van der Waals surface area contributed by atoms with E-state index in [9.17, 15) is 9.90 Å². The number of carbonyl (C=O) groups is 1. The Morgan fingerprint density at radius 3 is 2.91 bits per heavy atom. The van der Waals surface area contributed by atoms with E-state index in [1.54, 1.807) is 7.05 Å². The van der Waals surface area contributed by atoms with E-state index in [0.29, 0.717) is 6.42 Å². The predicted molar refractivity (Wildman–Crippen MR) is 42.4 cm³/mol. The van der Waals surface area contributed by atoms with E-state index in [1.165, 1.54) is 0 Å². The maximum absolute atomic E-state index is 11.2. The smallest absolute Gasteiger partial charge is 0.171 e. The van der Waals surface area contributed by atoms with Crippen LogP contribution >= 0.6 is 0 Å². The molecule has 0 aromatic heterocycles. The van der Waals surface area contributed by atoms with Crippen molar-refractivity contribution in [3.05, 3.63) is 0 Å². The van der Waals surface area contributed by atoms with Crippen LogP contribution in [0.15, 0.2) is 0 Å². The van der Waals surface area contributed by atoms with E-state index in [0.717, 1.165) is 12.8 Å². The fourth-order valence-electron chi connectivity index (χ4n) is 1.41. The van der Waals surface area contributed by atoms with E-state index in [4.69, 9.17) is 7.85 Å². The lowest BCUT2D eigenvalue weighted by Gasteiger charge is -2.32. The van der Waals surface area contributed by atoms with Crippen molar-refractivity contribution in [2.75, 3.05) is 7.05 Å². The second-order valence-electron chi connectivity index (χ2n) is 3.02. The standard InChI is InChI=1S/C7H12BNO2/c1-9-5-3-2-4-7(8,11)6(5)10/h5,9,11H,2-4H2,1H3. The lowest BCUT2D eigenvalue weighted by molar-refractivity contribution is -0.135. The summed E-state index contributed by atoms with van der Waals surface area (Å²) >= 11 is 0. The summed E-state index contributed by atoms with van der Waals surface area (Å²) in [4.78, 5) is 11.2. The molecule has 0 aliphatic heterocycles. The first-order chi connectivity index (χ1) is 5.08. The molecule has 2 unspecified atom stereocenters. The maximum Gasteiger partial charge on any atom is 0.171 e. The van der Waals surface area contributed by atoms with Crippen molar-refractivity contribution in [3.8, 4) is 0 Å². The van der Waals surface area contributed by atoms with E-state index in [1.807, 2.05) is 0 Å². The zero-order valence-electron chi connectivity index (χ0n) is 6.63. The summed E-state index contributed by atoms with van der Waals surface area (Å²) in [5.41, 5.74) is -1.59. The van der Waals surface area contributed by atoms with E-state index < -0.39 is 5.50 Å². The molecule has 0 aromatic rings. The highest BCUT2D eigenvalue weighted by Gasteiger charge is 2.37. The number of hydrogen-bond donors (Lipinski definition) is 2. The van der Waals surface area contributed by atoms with E-state index in [-0.39, 0.29) is 11.8 Å². The van der Waals surface area contributed by atoms with Crippen molar-refractivity contribution in [2.45, 2.75) is 30.8 Å². The van der Waals surface area contributed by atoms with Gasteiger partial charge in [0.2, 0.25) is 0 Å². The maximum atomic E-state index is 11.2. The Morgan fingerprint density at radius 1 is 1.82 bits per heavy atom. The number of ketones is 1.